The van der Waals surface area contributed by atoms with Crippen LogP contribution in [0.15, 0.2) is 53.8 Å². The zero-order valence-electron chi connectivity index (χ0n) is 15.6. The van der Waals surface area contributed by atoms with E-state index in [0.29, 0.717) is 6.61 Å². The number of rotatable bonds is 4. The van der Waals surface area contributed by atoms with Crippen molar-refractivity contribution in [3.05, 3.63) is 59.3 Å². The number of ether oxygens (including phenoxy) is 1. The van der Waals surface area contributed by atoms with Crippen molar-refractivity contribution in [2.24, 2.45) is 0 Å². The molecule has 2 heterocycles. The summed E-state index contributed by atoms with van der Waals surface area (Å²) in [7, 11) is -1.40. The maximum Gasteiger partial charge on any atom is 0.410 e. The lowest BCUT2D eigenvalue weighted by molar-refractivity contribution is 0.0487. The first-order chi connectivity index (χ1) is 11.9. The highest BCUT2D eigenvalue weighted by molar-refractivity contribution is 6.83. The van der Waals surface area contributed by atoms with Crippen LogP contribution in [0.2, 0.25) is 19.6 Å². The molecule has 1 amide bonds. The summed E-state index contributed by atoms with van der Waals surface area (Å²) in [4.78, 5) is 14.7. The van der Waals surface area contributed by atoms with Crippen LogP contribution in [0.4, 0.5) is 4.79 Å². The fourth-order valence-corrected chi connectivity index (χ4v) is 4.96. The molecule has 25 heavy (non-hydrogen) atoms. The predicted molar refractivity (Wildman–Crippen MR) is 105 cm³/mol. The Kier molecular flexibility index (Phi) is 5.18. The van der Waals surface area contributed by atoms with Gasteiger partial charge in [-0.15, -0.1) is 0 Å². The zero-order valence-corrected chi connectivity index (χ0v) is 16.6. The molecule has 0 aliphatic carbocycles. The molecule has 2 bridgehead atoms. The van der Waals surface area contributed by atoms with Gasteiger partial charge in [-0.2, -0.15) is 0 Å². The van der Waals surface area contributed by atoms with Crippen molar-refractivity contribution >= 4 is 14.2 Å². The van der Waals surface area contributed by atoms with Crippen LogP contribution < -0.4 is 0 Å². The van der Waals surface area contributed by atoms with Crippen LogP contribution in [0.25, 0.3) is 0 Å². The molecule has 0 aromatic heterocycles. The van der Waals surface area contributed by atoms with E-state index in [-0.39, 0.29) is 18.2 Å². The Balaban J connectivity index is 1.71. The smallest absolute Gasteiger partial charge is 0.410 e. The van der Waals surface area contributed by atoms with Crippen molar-refractivity contribution in [2.45, 2.75) is 64.0 Å². The van der Waals surface area contributed by atoms with Crippen LogP contribution in [0, 0.1) is 0 Å². The van der Waals surface area contributed by atoms with Gasteiger partial charge in [0.1, 0.15) is 6.61 Å². The highest BCUT2D eigenvalue weighted by Gasteiger charge is 2.39. The molecule has 3 nitrogen and oxygen atoms in total. The van der Waals surface area contributed by atoms with E-state index in [1.54, 1.807) is 0 Å². The largest absolute Gasteiger partial charge is 0.445 e. The van der Waals surface area contributed by atoms with E-state index in [0.717, 1.165) is 24.8 Å². The molecule has 2 unspecified atom stereocenters. The van der Waals surface area contributed by atoms with Gasteiger partial charge in [0.2, 0.25) is 0 Å². The molecule has 134 valence electrons. The van der Waals surface area contributed by atoms with Gasteiger partial charge >= 0.3 is 6.09 Å². The molecule has 0 radical (unpaired) electrons. The first kappa shape index (κ1) is 18.0. The molecule has 2 aliphatic rings. The summed E-state index contributed by atoms with van der Waals surface area (Å²) in [5, 5.41) is 1.33. The minimum Gasteiger partial charge on any atom is -0.445 e. The number of carbonyl (C=O) groups is 1. The number of hydrogen-bond donors (Lipinski definition) is 0. The summed E-state index contributed by atoms with van der Waals surface area (Å²) in [6.07, 6.45) is 6.32. The number of fused-ring (bicyclic) bond motifs is 2. The molecule has 2 atom stereocenters. The molecule has 1 aromatic rings. The topological polar surface area (TPSA) is 29.5 Å². The monoisotopic (exact) mass is 355 g/mol. The minimum absolute atomic E-state index is 0.166. The average molecular weight is 356 g/mol. The molecule has 0 spiro atoms. The molecule has 1 aromatic carbocycles. The van der Waals surface area contributed by atoms with Crippen LogP contribution in [0.3, 0.4) is 0 Å². The van der Waals surface area contributed by atoms with E-state index in [1.807, 2.05) is 35.2 Å². The van der Waals surface area contributed by atoms with Crippen molar-refractivity contribution < 1.29 is 9.53 Å². The van der Waals surface area contributed by atoms with Gasteiger partial charge in [0.05, 0.1) is 14.1 Å². The van der Waals surface area contributed by atoms with Gasteiger partial charge < -0.3 is 4.74 Å². The summed E-state index contributed by atoms with van der Waals surface area (Å²) in [6.45, 7) is 11.7. The lowest BCUT2D eigenvalue weighted by Crippen LogP contribution is -2.52. The Bertz CT molecular complexity index is 675. The number of amides is 1. The first-order valence-corrected chi connectivity index (χ1v) is 12.8. The van der Waals surface area contributed by atoms with E-state index >= 15 is 0 Å². The summed E-state index contributed by atoms with van der Waals surface area (Å²) >= 11 is 0. The minimum atomic E-state index is -1.40. The normalized spacial score (nSPS) is 23.0. The van der Waals surface area contributed by atoms with Crippen molar-refractivity contribution in [3.63, 3.8) is 0 Å². The number of piperidine rings is 1. The van der Waals surface area contributed by atoms with Crippen LogP contribution in [0.1, 0.15) is 31.2 Å². The first-order valence-electron chi connectivity index (χ1n) is 9.26. The summed E-state index contributed by atoms with van der Waals surface area (Å²) in [6, 6.07) is 10.3. The Morgan fingerprint density at radius 2 is 1.96 bits per heavy atom. The van der Waals surface area contributed by atoms with Crippen LogP contribution in [-0.2, 0) is 11.3 Å². The zero-order chi connectivity index (χ0) is 18.0. The van der Waals surface area contributed by atoms with Gasteiger partial charge in [0.15, 0.2) is 0 Å². The molecule has 4 heteroatoms. The van der Waals surface area contributed by atoms with Crippen LogP contribution in [0.5, 0.6) is 0 Å². The number of hydrogen-bond acceptors (Lipinski definition) is 2. The highest BCUT2D eigenvalue weighted by Crippen LogP contribution is 2.37. The third-order valence-electron chi connectivity index (χ3n) is 5.35. The molecule has 1 fully saturated rings. The Labute approximate surface area is 152 Å². The van der Waals surface area contributed by atoms with Gasteiger partial charge in [0.25, 0.3) is 0 Å². The lowest BCUT2D eigenvalue weighted by Gasteiger charge is -2.45. The third-order valence-corrected chi connectivity index (χ3v) is 7.48. The molecular formula is C21H29NO2Si. The molecule has 1 saturated heterocycles. The van der Waals surface area contributed by atoms with Gasteiger partial charge in [0, 0.05) is 6.04 Å². The molecular weight excluding hydrogens is 326 g/mol. The maximum absolute atomic E-state index is 12.7. The van der Waals surface area contributed by atoms with Gasteiger partial charge in [-0.25, -0.2) is 4.79 Å². The van der Waals surface area contributed by atoms with Gasteiger partial charge in [-0.1, -0.05) is 67.8 Å². The van der Waals surface area contributed by atoms with Crippen molar-refractivity contribution in [1.82, 2.24) is 4.90 Å². The van der Waals surface area contributed by atoms with Crippen LogP contribution >= 0.6 is 0 Å². The summed E-state index contributed by atoms with van der Waals surface area (Å²) in [5.41, 5.74) is 2.42. The second kappa shape index (κ2) is 7.20. The SMILES string of the molecule is C=C(C1=CC2CCCC(C1)N2C(=O)OCc1ccccc1)[Si](C)(C)C. The second-order valence-electron chi connectivity index (χ2n) is 8.22. The van der Waals surface area contributed by atoms with Crippen molar-refractivity contribution in [3.8, 4) is 0 Å². The predicted octanol–water partition coefficient (Wildman–Crippen LogP) is 5.31. The standard InChI is InChI=1S/C21H29NO2Si/c1-16(25(2,3)4)18-13-19-11-8-12-20(14-18)22(19)21(23)24-15-17-9-6-5-7-10-17/h5-7,9-10,13,19-20H,1,8,11-12,14-15H2,2-4H3. The Morgan fingerprint density at radius 3 is 2.60 bits per heavy atom. The number of allylic oxidation sites excluding steroid dienone is 1. The van der Waals surface area contributed by atoms with E-state index in [1.165, 1.54) is 17.2 Å². The number of nitrogens with zero attached hydrogens (tertiary/aromatic N) is 1. The van der Waals surface area contributed by atoms with E-state index in [2.05, 4.69) is 32.3 Å². The highest BCUT2D eigenvalue weighted by atomic mass is 28.3. The van der Waals surface area contributed by atoms with Gasteiger partial charge in [-0.05, 0) is 36.8 Å². The van der Waals surface area contributed by atoms with Crippen molar-refractivity contribution in [1.29, 1.82) is 0 Å². The Hall–Kier alpha value is -1.81. The Morgan fingerprint density at radius 1 is 1.24 bits per heavy atom. The number of benzene rings is 1. The molecule has 2 aliphatic heterocycles. The molecule has 0 saturated carbocycles. The fraction of sp³-hybridized carbons (Fsp3) is 0.476. The maximum atomic E-state index is 12.7. The quantitative estimate of drug-likeness (QED) is 0.685. The number of carbonyl (C=O) groups excluding carboxylic acids is 1. The average Bonchev–Trinajstić information content (AvgIpc) is 2.58. The van der Waals surface area contributed by atoms with Crippen LogP contribution in [-0.4, -0.2) is 31.2 Å². The summed E-state index contributed by atoms with van der Waals surface area (Å²) in [5.74, 6) is 0. The molecule has 0 N–H and O–H groups in total. The van der Waals surface area contributed by atoms with E-state index in [9.17, 15) is 4.79 Å². The van der Waals surface area contributed by atoms with Crippen molar-refractivity contribution in [2.75, 3.05) is 0 Å². The van der Waals surface area contributed by atoms with E-state index in [4.69, 9.17) is 4.74 Å². The molecule has 3 rings (SSSR count). The van der Waals surface area contributed by atoms with E-state index < -0.39 is 8.07 Å². The fourth-order valence-electron chi connectivity index (χ4n) is 3.81. The lowest BCUT2D eigenvalue weighted by atomic mass is 9.85. The second-order valence-corrected chi connectivity index (χ2v) is 13.3. The third kappa shape index (κ3) is 4.06. The summed E-state index contributed by atoms with van der Waals surface area (Å²) < 4.78 is 5.61. The van der Waals surface area contributed by atoms with Gasteiger partial charge in [-0.3, -0.25) is 4.90 Å².